The molecule has 0 saturated heterocycles. The highest BCUT2D eigenvalue weighted by atomic mass is 16.5. The molecule has 28 heavy (non-hydrogen) atoms. The summed E-state index contributed by atoms with van der Waals surface area (Å²) >= 11 is 0. The molecule has 0 unspecified atom stereocenters. The van der Waals surface area contributed by atoms with E-state index in [1.807, 2.05) is 0 Å². The Morgan fingerprint density at radius 3 is 2.46 bits per heavy atom. The minimum atomic E-state index is -0.719. The second-order valence-electron chi connectivity index (χ2n) is 6.57. The fraction of sp³-hybridized carbons (Fsp3) is 0.300. The van der Waals surface area contributed by atoms with Gasteiger partial charge in [-0.05, 0) is 25.0 Å². The minimum absolute atomic E-state index is 0.163. The normalized spacial score (nSPS) is 13.7. The van der Waals surface area contributed by atoms with E-state index < -0.39 is 18.5 Å². The summed E-state index contributed by atoms with van der Waals surface area (Å²) in [6, 6.07) is 9.44. The first-order valence-corrected chi connectivity index (χ1v) is 9.08. The summed E-state index contributed by atoms with van der Waals surface area (Å²) in [6.07, 6.45) is 6.45. The summed E-state index contributed by atoms with van der Waals surface area (Å²) < 4.78 is 5.49. The third-order valence-electron chi connectivity index (χ3n) is 4.51. The van der Waals surface area contributed by atoms with Crippen LogP contribution >= 0.6 is 0 Å². The summed E-state index contributed by atoms with van der Waals surface area (Å²) in [5.74, 6) is -1.53. The highest BCUT2D eigenvalue weighted by Crippen LogP contribution is 2.20. The molecule has 8 heteroatoms. The molecule has 146 valence electrons. The largest absolute Gasteiger partial charge is 0.619 e. The molecular formula is C20H21N3O5. The van der Waals surface area contributed by atoms with Crippen molar-refractivity contribution in [1.82, 2.24) is 5.32 Å². The van der Waals surface area contributed by atoms with E-state index in [2.05, 4.69) is 10.6 Å². The van der Waals surface area contributed by atoms with E-state index in [1.165, 1.54) is 12.1 Å². The van der Waals surface area contributed by atoms with Crippen molar-refractivity contribution in [3.8, 4) is 0 Å². The molecule has 0 bridgehead atoms. The van der Waals surface area contributed by atoms with Crippen LogP contribution in [-0.2, 0) is 9.53 Å². The van der Waals surface area contributed by atoms with Crippen LogP contribution in [-0.4, -0.2) is 30.4 Å². The van der Waals surface area contributed by atoms with Crippen molar-refractivity contribution in [1.29, 1.82) is 0 Å². The van der Waals surface area contributed by atoms with Crippen LogP contribution in [0.1, 0.15) is 46.4 Å². The van der Waals surface area contributed by atoms with Gasteiger partial charge in [0.2, 0.25) is 0 Å². The quantitative estimate of drug-likeness (QED) is 0.449. The van der Waals surface area contributed by atoms with Crippen molar-refractivity contribution in [3.05, 3.63) is 65.1 Å². The number of nitrogens with one attached hydrogen (secondary N) is 2. The SMILES string of the molecule is O=C(COC(=O)c1cc[n+]([O-])cc1)Nc1ccccc1C(=O)NC1CCCC1. The molecule has 3 rings (SSSR count). The van der Waals surface area contributed by atoms with Crippen LogP contribution in [0.4, 0.5) is 5.69 Å². The molecule has 2 N–H and O–H groups in total. The molecule has 2 aromatic rings. The third kappa shape index (κ3) is 5.06. The van der Waals surface area contributed by atoms with Crippen LogP contribution in [0.25, 0.3) is 0 Å². The Balaban J connectivity index is 1.57. The Kier molecular flexibility index (Phi) is 6.21. The van der Waals surface area contributed by atoms with Gasteiger partial charge in [-0.15, -0.1) is 0 Å². The highest BCUT2D eigenvalue weighted by Gasteiger charge is 2.20. The van der Waals surface area contributed by atoms with Gasteiger partial charge in [-0.25, -0.2) is 4.79 Å². The van der Waals surface area contributed by atoms with Gasteiger partial charge in [0, 0.05) is 18.2 Å². The Hall–Kier alpha value is -3.42. The number of aromatic nitrogens is 1. The van der Waals surface area contributed by atoms with E-state index >= 15 is 0 Å². The standard InChI is InChI=1S/C20H21N3O5/c24-18(13-28-20(26)14-9-11-23(27)12-10-14)22-17-8-4-3-7-16(17)19(25)21-15-5-1-2-6-15/h3-4,7-12,15H,1-2,5-6,13H2,(H,21,25)(H,22,24). The van der Waals surface area contributed by atoms with Crippen molar-refractivity contribution >= 4 is 23.5 Å². The second kappa shape index (κ2) is 8.98. The summed E-state index contributed by atoms with van der Waals surface area (Å²) in [4.78, 5) is 36.6. The molecular weight excluding hydrogens is 362 g/mol. The molecule has 1 aliphatic rings. The molecule has 0 spiro atoms. The first-order valence-electron chi connectivity index (χ1n) is 9.08. The topological polar surface area (TPSA) is 111 Å². The van der Waals surface area contributed by atoms with Gasteiger partial charge in [-0.3, -0.25) is 9.59 Å². The zero-order valence-corrected chi connectivity index (χ0v) is 15.2. The molecule has 1 fully saturated rings. The third-order valence-corrected chi connectivity index (χ3v) is 4.51. The molecule has 1 aromatic carbocycles. The number of carbonyl (C=O) groups is 3. The average Bonchev–Trinajstić information content (AvgIpc) is 3.20. The van der Waals surface area contributed by atoms with Gasteiger partial charge in [0.15, 0.2) is 19.0 Å². The molecule has 8 nitrogen and oxygen atoms in total. The predicted molar refractivity (Wildman–Crippen MR) is 100 cm³/mol. The molecule has 1 heterocycles. The van der Waals surface area contributed by atoms with Gasteiger partial charge in [-0.1, -0.05) is 25.0 Å². The van der Waals surface area contributed by atoms with Crippen LogP contribution in [0.3, 0.4) is 0 Å². The second-order valence-corrected chi connectivity index (χ2v) is 6.57. The smallest absolute Gasteiger partial charge is 0.339 e. The number of esters is 1. The molecule has 1 saturated carbocycles. The lowest BCUT2D eigenvalue weighted by atomic mass is 10.1. The number of hydrogen-bond acceptors (Lipinski definition) is 5. The van der Waals surface area contributed by atoms with Gasteiger partial charge in [0.05, 0.1) is 16.8 Å². The Morgan fingerprint density at radius 2 is 1.75 bits per heavy atom. The number of carbonyl (C=O) groups excluding carboxylic acids is 3. The average molecular weight is 383 g/mol. The van der Waals surface area contributed by atoms with Gasteiger partial charge < -0.3 is 20.6 Å². The van der Waals surface area contributed by atoms with E-state index in [4.69, 9.17) is 4.74 Å². The summed E-state index contributed by atoms with van der Waals surface area (Å²) in [7, 11) is 0. The highest BCUT2D eigenvalue weighted by molar-refractivity contribution is 6.04. The van der Waals surface area contributed by atoms with Crippen LogP contribution in [0.15, 0.2) is 48.8 Å². The van der Waals surface area contributed by atoms with Crippen molar-refractivity contribution in [3.63, 3.8) is 0 Å². The molecule has 1 aromatic heterocycles. The summed E-state index contributed by atoms with van der Waals surface area (Å²) in [6.45, 7) is -0.510. The monoisotopic (exact) mass is 383 g/mol. The number of rotatable bonds is 6. The van der Waals surface area contributed by atoms with E-state index in [-0.39, 0.29) is 17.5 Å². The maximum atomic E-state index is 12.5. The first kappa shape index (κ1) is 19.3. The minimum Gasteiger partial charge on any atom is -0.619 e. The Labute approximate surface area is 162 Å². The molecule has 0 radical (unpaired) electrons. The van der Waals surface area contributed by atoms with Crippen molar-refractivity contribution in [2.75, 3.05) is 11.9 Å². The number of pyridine rings is 1. The van der Waals surface area contributed by atoms with Crippen molar-refractivity contribution < 1.29 is 23.9 Å². The van der Waals surface area contributed by atoms with Crippen LogP contribution in [0, 0.1) is 5.21 Å². The molecule has 0 aliphatic heterocycles. The number of anilines is 1. The number of nitrogens with zero attached hydrogens (tertiary/aromatic N) is 1. The maximum Gasteiger partial charge on any atom is 0.339 e. The number of benzene rings is 1. The number of ether oxygens (including phenoxy) is 1. The first-order chi connectivity index (χ1) is 13.5. The molecule has 1 aliphatic carbocycles. The molecule has 0 atom stereocenters. The fourth-order valence-electron chi connectivity index (χ4n) is 3.07. The van der Waals surface area contributed by atoms with Gasteiger partial charge in [0.25, 0.3) is 11.8 Å². The lowest BCUT2D eigenvalue weighted by Crippen LogP contribution is -2.33. The van der Waals surface area contributed by atoms with Gasteiger partial charge >= 0.3 is 5.97 Å². The summed E-state index contributed by atoms with van der Waals surface area (Å²) in [5, 5.41) is 16.6. The van der Waals surface area contributed by atoms with Gasteiger partial charge in [-0.2, -0.15) is 4.73 Å². The summed E-state index contributed by atoms with van der Waals surface area (Å²) in [5.41, 5.74) is 0.875. The Bertz CT molecular complexity index is 860. The number of para-hydroxylation sites is 1. The Morgan fingerprint density at radius 1 is 1.07 bits per heavy atom. The zero-order valence-electron chi connectivity index (χ0n) is 15.2. The van der Waals surface area contributed by atoms with E-state index in [0.29, 0.717) is 16.0 Å². The van der Waals surface area contributed by atoms with Gasteiger partial charge in [0.1, 0.15) is 0 Å². The maximum absolute atomic E-state index is 12.5. The van der Waals surface area contributed by atoms with E-state index in [9.17, 15) is 19.6 Å². The fourth-order valence-corrected chi connectivity index (χ4v) is 3.07. The predicted octanol–water partition coefficient (Wildman–Crippen LogP) is 1.79. The van der Waals surface area contributed by atoms with Crippen LogP contribution in [0.2, 0.25) is 0 Å². The van der Waals surface area contributed by atoms with E-state index in [1.54, 1.807) is 24.3 Å². The number of amides is 2. The zero-order chi connectivity index (χ0) is 19.9. The number of hydrogen-bond donors (Lipinski definition) is 2. The van der Waals surface area contributed by atoms with Crippen LogP contribution < -0.4 is 15.4 Å². The van der Waals surface area contributed by atoms with Crippen molar-refractivity contribution in [2.45, 2.75) is 31.7 Å². The van der Waals surface area contributed by atoms with Crippen LogP contribution in [0.5, 0.6) is 0 Å². The van der Waals surface area contributed by atoms with Crippen molar-refractivity contribution in [2.24, 2.45) is 0 Å². The lowest BCUT2D eigenvalue weighted by Gasteiger charge is -2.15. The molecule has 2 amide bonds. The van der Waals surface area contributed by atoms with E-state index in [0.717, 1.165) is 38.1 Å². The lowest BCUT2D eigenvalue weighted by molar-refractivity contribution is -0.605.